The molecule has 1 rings (SSSR count). The number of nitrogens with one attached hydrogen (secondary N) is 1. The summed E-state index contributed by atoms with van der Waals surface area (Å²) in [6.07, 6.45) is 2.17. The molecule has 100 valence electrons. The maximum absolute atomic E-state index is 11.7. The topological polar surface area (TPSA) is 64.3 Å². The molecule has 4 nitrogen and oxygen atoms in total. The van der Waals surface area contributed by atoms with E-state index in [0.717, 1.165) is 25.0 Å². The van der Waals surface area contributed by atoms with Gasteiger partial charge in [0, 0.05) is 13.2 Å². The van der Waals surface area contributed by atoms with Gasteiger partial charge in [0.15, 0.2) is 0 Å². The molecule has 0 aliphatic carbocycles. The Kier molecular flexibility index (Phi) is 7.06. The summed E-state index contributed by atoms with van der Waals surface area (Å²) in [6.45, 7) is 3.90. The average Bonchev–Trinajstić information content (AvgIpc) is 2.42. The van der Waals surface area contributed by atoms with Gasteiger partial charge in [-0.2, -0.15) is 0 Å². The first-order valence-corrected chi connectivity index (χ1v) is 6.41. The fourth-order valence-corrected chi connectivity index (χ4v) is 1.52. The first kappa shape index (κ1) is 14.7. The van der Waals surface area contributed by atoms with Gasteiger partial charge in [0.05, 0.1) is 6.61 Å². The molecule has 3 N–H and O–H groups in total. The Bertz CT molecular complexity index is 341. The quantitative estimate of drug-likeness (QED) is 0.689. The van der Waals surface area contributed by atoms with Crippen molar-refractivity contribution in [3.8, 4) is 0 Å². The minimum absolute atomic E-state index is 0.166. The smallest absolute Gasteiger partial charge is 0.241 e. The summed E-state index contributed by atoms with van der Waals surface area (Å²) < 4.78 is 5.35. The van der Waals surface area contributed by atoms with Crippen LogP contribution in [0.1, 0.15) is 31.4 Å². The third kappa shape index (κ3) is 5.29. The number of amides is 1. The molecule has 1 aromatic rings. The maximum Gasteiger partial charge on any atom is 0.241 e. The molecule has 18 heavy (non-hydrogen) atoms. The van der Waals surface area contributed by atoms with Crippen molar-refractivity contribution in [1.29, 1.82) is 0 Å². The number of carbonyl (C=O) groups is 1. The van der Waals surface area contributed by atoms with E-state index in [1.54, 1.807) is 0 Å². The van der Waals surface area contributed by atoms with Crippen LogP contribution >= 0.6 is 0 Å². The molecule has 0 saturated heterocycles. The van der Waals surface area contributed by atoms with E-state index >= 15 is 0 Å². The number of carbonyl (C=O) groups excluding carboxylic acids is 1. The van der Waals surface area contributed by atoms with Crippen LogP contribution < -0.4 is 11.1 Å². The third-order valence-corrected chi connectivity index (χ3v) is 2.63. The second kappa shape index (κ2) is 8.66. The van der Waals surface area contributed by atoms with E-state index in [1.165, 1.54) is 0 Å². The van der Waals surface area contributed by atoms with E-state index in [9.17, 15) is 4.79 Å². The molecule has 0 heterocycles. The number of hydrogen-bond donors (Lipinski definition) is 2. The lowest BCUT2D eigenvalue weighted by Crippen LogP contribution is -2.36. The lowest BCUT2D eigenvalue weighted by atomic mass is 10.1. The van der Waals surface area contributed by atoms with Crippen molar-refractivity contribution in [2.45, 2.75) is 25.8 Å². The van der Waals surface area contributed by atoms with Gasteiger partial charge < -0.3 is 15.8 Å². The van der Waals surface area contributed by atoms with Gasteiger partial charge in [-0.25, -0.2) is 0 Å². The van der Waals surface area contributed by atoms with Crippen LogP contribution in [0.15, 0.2) is 30.3 Å². The molecular weight excluding hydrogens is 228 g/mol. The van der Waals surface area contributed by atoms with Gasteiger partial charge in [0.1, 0.15) is 6.04 Å². The van der Waals surface area contributed by atoms with E-state index in [-0.39, 0.29) is 5.91 Å². The Hall–Kier alpha value is -1.39. The van der Waals surface area contributed by atoms with E-state index in [4.69, 9.17) is 10.5 Å². The van der Waals surface area contributed by atoms with Gasteiger partial charge in [-0.3, -0.25) is 4.79 Å². The molecule has 1 atom stereocenters. The normalized spacial score (nSPS) is 12.1. The van der Waals surface area contributed by atoms with Crippen LogP contribution in [0.25, 0.3) is 0 Å². The van der Waals surface area contributed by atoms with Crippen LogP contribution in [0.5, 0.6) is 0 Å². The first-order chi connectivity index (χ1) is 8.75. The monoisotopic (exact) mass is 250 g/mol. The number of ether oxygens (including phenoxy) is 1. The maximum atomic E-state index is 11.7. The van der Waals surface area contributed by atoms with E-state index < -0.39 is 6.04 Å². The summed E-state index contributed by atoms with van der Waals surface area (Å²) in [5, 5.41) is 2.77. The zero-order chi connectivity index (χ0) is 13.2. The molecule has 0 fully saturated rings. The minimum Gasteiger partial charge on any atom is -0.380 e. The minimum atomic E-state index is -0.609. The molecule has 0 unspecified atom stereocenters. The van der Waals surface area contributed by atoms with Gasteiger partial charge in [-0.15, -0.1) is 0 Å². The van der Waals surface area contributed by atoms with Crippen molar-refractivity contribution in [3.63, 3.8) is 0 Å². The average molecular weight is 250 g/mol. The Labute approximate surface area is 109 Å². The van der Waals surface area contributed by atoms with Crippen molar-refractivity contribution < 1.29 is 9.53 Å². The van der Waals surface area contributed by atoms with Crippen molar-refractivity contribution in [3.05, 3.63) is 35.9 Å². The van der Waals surface area contributed by atoms with Crippen molar-refractivity contribution in [2.24, 2.45) is 5.73 Å². The van der Waals surface area contributed by atoms with Gasteiger partial charge in [0.2, 0.25) is 5.91 Å². The molecule has 0 spiro atoms. The SMILES string of the molecule is CCCCOCCNC(=O)[C@@H](N)c1ccccc1. The first-order valence-electron chi connectivity index (χ1n) is 6.41. The fraction of sp³-hybridized carbons (Fsp3) is 0.500. The molecule has 0 aliphatic heterocycles. The Morgan fingerprint density at radius 3 is 2.72 bits per heavy atom. The number of unbranched alkanes of at least 4 members (excludes halogenated alkanes) is 1. The van der Waals surface area contributed by atoms with Crippen molar-refractivity contribution in [2.75, 3.05) is 19.8 Å². The van der Waals surface area contributed by atoms with E-state index in [1.807, 2.05) is 30.3 Å². The molecule has 0 aliphatic rings. The summed E-state index contributed by atoms with van der Waals surface area (Å²) in [5.41, 5.74) is 6.67. The van der Waals surface area contributed by atoms with Crippen molar-refractivity contribution >= 4 is 5.91 Å². The second-order valence-corrected chi connectivity index (χ2v) is 4.15. The predicted octanol–water partition coefficient (Wildman–Crippen LogP) is 1.62. The summed E-state index contributed by atoms with van der Waals surface area (Å²) in [7, 11) is 0. The van der Waals surface area contributed by atoms with Gasteiger partial charge in [-0.1, -0.05) is 43.7 Å². The molecule has 1 amide bonds. The van der Waals surface area contributed by atoms with Gasteiger partial charge >= 0.3 is 0 Å². The zero-order valence-electron chi connectivity index (χ0n) is 10.9. The second-order valence-electron chi connectivity index (χ2n) is 4.15. The Balaban J connectivity index is 2.20. The van der Waals surface area contributed by atoms with Crippen LogP contribution in [0, 0.1) is 0 Å². The van der Waals surface area contributed by atoms with Crippen LogP contribution in [0.2, 0.25) is 0 Å². The third-order valence-electron chi connectivity index (χ3n) is 2.63. The van der Waals surface area contributed by atoms with Crippen LogP contribution in [0.4, 0.5) is 0 Å². The van der Waals surface area contributed by atoms with E-state index in [2.05, 4.69) is 12.2 Å². The standard InChI is InChI=1S/C14H22N2O2/c1-2-3-10-18-11-9-16-14(17)13(15)12-7-5-4-6-8-12/h4-8,13H,2-3,9-11,15H2,1H3,(H,16,17)/t13-/m0/s1. The van der Waals surface area contributed by atoms with Gasteiger partial charge in [-0.05, 0) is 12.0 Å². The van der Waals surface area contributed by atoms with Crippen molar-refractivity contribution in [1.82, 2.24) is 5.32 Å². The fourth-order valence-electron chi connectivity index (χ4n) is 1.52. The Morgan fingerprint density at radius 1 is 1.33 bits per heavy atom. The number of rotatable bonds is 8. The lowest BCUT2D eigenvalue weighted by molar-refractivity contribution is -0.122. The predicted molar refractivity (Wildman–Crippen MR) is 72.1 cm³/mol. The highest BCUT2D eigenvalue weighted by Crippen LogP contribution is 2.08. The number of benzene rings is 1. The summed E-state index contributed by atoms with van der Waals surface area (Å²) in [4.78, 5) is 11.7. The number of nitrogens with two attached hydrogens (primary N) is 1. The van der Waals surface area contributed by atoms with Crippen LogP contribution in [-0.2, 0) is 9.53 Å². The van der Waals surface area contributed by atoms with Crippen LogP contribution in [0.3, 0.4) is 0 Å². The van der Waals surface area contributed by atoms with Crippen LogP contribution in [-0.4, -0.2) is 25.7 Å². The molecule has 0 saturated carbocycles. The highest BCUT2D eigenvalue weighted by Gasteiger charge is 2.14. The molecule has 0 aromatic heterocycles. The van der Waals surface area contributed by atoms with Gasteiger partial charge in [0.25, 0.3) is 0 Å². The number of hydrogen-bond acceptors (Lipinski definition) is 3. The zero-order valence-corrected chi connectivity index (χ0v) is 10.9. The summed E-state index contributed by atoms with van der Waals surface area (Å²) >= 11 is 0. The lowest BCUT2D eigenvalue weighted by Gasteiger charge is -2.12. The molecule has 0 radical (unpaired) electrons. The Morgan fingerprint density at radius 2 is 2.06 bits per heavy atom. The summed E-state index contributed by atoms with van der Waals surface area (Å²) in [5.74, 6) is -0.166. The van der Waals surface area contributed by atoms with E-state index in [0.29, 0.717) is 13.2 Å². The highest BCUT2D eigenvalue weighted by atomic mass is 16.5. The largest absolute Gasteiger partial charge is 0.380 e. The molecule has 1 aromatic carbocycles. The molecular formula is C14H22N2O2. The molecule has 4 heteroatoms. The summed E-state index contributed by atoms with van der Waals surface area (Å²) in [6, 6.07) is 8.73. The highest BCUT2D eigenvalue weighted by molar-refractivity contribution is 5.82. The molecule has 0 bridgehead atoms.